The number of carbonyl (C=O) groups is 1. The first kappa shape index (κ1) is 13.6. The Morgan fingerprint density at radius 1 is 1.14 bits per heavy atom. The van der Waals surface area contributed by atoms with Gasteiger partial charge >= 0.3 is 0 Å². The monoisotopic (exact) mass is 200 g/mol. The summed E-state index contributed by atoms with van der Waals surface area (Å²) in [6, 6.07) is 0. The van der Waals surface area contributed by atoms with Gasteiger partial charge < -0.3 is 4.74 Å². The van der Waals surface area contributed by atoms with Crippen LogP contribution in [0.25, 0.3) is 0 Å². The highest BCUT2D eigenvalue weighted by molar-refractivity contribution is 5.84. The van der Waals surface area contributed by atoms with Crippen molar-refractivity contribution in [2.45, 2.75) is 59.5 Å². The van der Waals surface area contributed by atoms with E-state index in [1.165, 1.54) is 19.3 Å². The lowest BCUT2D eigenvalue weighted by Gasteiger charge is -2.13. The van der Waals surface area contributed by atoms with Crippen LogP contribution in [0.4, 0.5) is 0 Å². The molecule has 0 aromatic carbocycles. The van der Waals surface area contributed by atoms with Crippen LogP contribution in [0.2, 0.25) is 0 Å². The molecule has 0 rings (SSSR count). The molecule has 84 valence electrons. The van der Waals surface area contributed by atoms with Crippen LogP contribution in [0.5, 0.6) is 0 Å². The average Bonchev–Trinajstić information content (AvgIpc) is 2.16. The molecule has 0 spiro atoms. The predicted molar refractivity (Wildman–Crippen MR) is 59.4 cm³/mol. The molecule has 0 aliphatic carbocycles. The van der Waals surface area contributed by atoms with Crippen LogP contribution in [-0.4, -0.2) is 18.5 Å². The third-order valence-corrected chi connectivity index (χ3v) is 2.34. The van der Waals surface area contributed by atoms with Gasteiger partial charge in [0.1, 0.15) is 6.10 Å². The largest absolute Gasteiger partial charge is 0.371 e. The second-order valence-corrected chi connectivity index (χ2v) is 4.13. The Balaban J connectivity index is 3.44. The van der Waals surface area contributed by atoms with Crippen molar-refractivity contribution in [3.8, 4) is 0 Å². The van der Waals surface area contributed by atoms with Crippen LogP contribution in [0.1, 0.15) is 53.4 Å². The van der Waals surface area contributed by atoms with Crippen molar-refractivity contribution < 1.29 is 9.53 Å². The summed E-state index contributed by atoms with van der Waals surface area (Å²) < 4.78 is 5.46. The van der Waals surface area contributed by atoms with Gasteiger partial charge in [-0.05, 0) is 13.3 Å². The molecular formula is C12H24O2. The molecule has 0 aromatic heterocycles. The first-order chi connectivity index (χ1) is 6.59. The molecule has 0 bridgehead atoms. The lowest BCUT2D eigenvalue weighted by molar-refractivity contribution is -0.132. The van der Waals surface area contributed by atoms with Crippen LogP contribution < -0.4 is 0 Å². The Bertz CT molecular complexity index is 152. The highest BCUT2D eigenvalue weighted by Gasteiger charge is 2.16. The van der Waals surface area contributed by atoms with Crippen LogP contribution >= 0.6 is 0 Å². The molecule has 0 heterocycles. The summed E-state index contributed by atoms with van der Waals surface area (Å²) >= 11 is 0. The zero-order valence-electron chi connectivity index (χ0n) is 10.0. The van der Waals surface area contributed by atoms with E-state index in [-0.39, 0.29) is 17.8 Å². The lowest BCUT2D eigenvalue weighted by Crippen LogP contribution is -2.25. The Morgan fingerprint density at radius 3 is 2.29 bits per heavy atom. The predicted octanol–water partition coefficient (Wildman–Crippen LogP) is 3.20. The molecule has 14 heavy (non-hydrogen) atoms. The number of ether oxygens (including phenoxy) is 1. The average molecular weight is 200 g/mol. The number of ketones is 1. The minimum Gasteiger partial charge on any atom is -0.371 e. The SMILES string of the molecule is CCCCCCO[C@@H](C)C(=O)C(C)C. The molecule has 0 fully saturated rings. The zero-order valence-corrected chi connectivity index (χ0v) is 10.0. The standard InChI is InChI=1S/C12H24O2/c1-5-6-7-8-9-14-11(4)12(13)10(2)3/h10-11H,5-9H2,1-4H3/t11-/m0/s1. The third-order valence-electron chi connectivity index (χ3n) is 2.34. The highest BCUT2D eigenvalue weighted by atomic mass is 16.5. The van der Waals surface area contributed by atoms with E-state index in [0.717, 1.165) is 13.0 Å². The Morgan fingerprint density at radius 2 is 1.79 bits per heavy atom. The minimum absolute atomic E-state index is 0.0839. The Labute approximate surface area is 88.0 Å². The summed E-state index contributed by atoms with van der Waals surface area (Å²) in [5, 5.41) is 0. The van der Waals surface area contributed by atoms with Crippen molar-refractivity contribution in [1.82, 2.24) is 0 Å². The quantitative estimate of drug-likeness (QED) is 0.562. The summed E-state index contributed by atoms with van der Waals surface area (Å²) in [6.07, 6.45) is 4.55. The second-order valence-electron chi connectivity index (χ2n) is 4.13. The fourth-order valence-electron chi connectivity index (χ4n) is 1.34. The van der Waals surface area contributed by atoms with Crippen molar-refractivity contribution in [2.24, 2.45) is 5.92 Å². The summed E-state index contributed by atoms with van der Waals surface area (Å²) in [5.74, 6) is 0.293. The molecule has 0 aliphatic rings. The van der Waals surface area contributed by atoms with Crippen molar-refractivity contribution in [2.75, 3.05) is 6.61 Å². The van der Waals surface area contributed by atoms with Gasteiger partial charge in [0.2, 0.25) is 0 Å². The highest BCUT2D eigenvalue weighted by Crippen LogP contribution is 2.05. The van der Waals surface area contributed by atoms with E-state index in [1.54, 1.807) is 0 Å². The van der Waals surface area contributed by atoms with Crippen molar-refractivity contribution in [1.29, 1.82) is 0 Å². The number of hydrogen-bond acceptors (Lipinski definition) is 2. The van der Waals surface area contributed by atoms with Crippen molar-refractivity contribution in [3.05, 3.63) is 0 Å². The topological polar surface area (TPSA) is 26.3 Å². The molecule has 2 heteroatoms. The van der Waals surface area contributed by atoms with Crippen LogP contribution in [0.3, 0.4) is 0 Å². The molecule has 0 saturated carbocycles. The summed E-state index contributed by atoms with van der Waals surface area (Å²) in [7, 11) is 0. The van der Waals surface area contributed by atoms with E-state index in [9.17, 15) is 4.79 Å². The fourth-order valence-corrected chi connectivity index (χ4v) is 1.34. The molecule has 0 N–H and O–H groups in total. The first-order valence-corrected chi connectivity index (χ1v) is 5.75. The maximum atomic E-state index is 11.4. The summed E-state index contributed by atoms with van der Waals surface area (Å²) in [5.41, 5.74) is 0. The molecule has 0 aromatic rings. The summed E-state index contributed by atoms with van der Waals surface area (Å²) in [4.78, 5) is 11.4. The second kappa shape index (κ2) is 7.98. The zero-order chi connectivity index (χ0) is 11.0. The van der Waals surface area contributed by atoms with Crippen LogP contribution in [0, 0.1) is 5.92 Å². The maximum Gasteiger partial charge on any atom is 0.163 e. The van der Waals surface area contributed by atoms with E-state index in [0.29, 0.717) is 0 Å². The normalized spacial score (nSPS) is 13.2. The van der Waals surface area contributed by atoms with Gasteiger partial charge in [-0.15, -0.1) is 0 Å². The molecule has 0 aliphatic heterocycles. The van der Waals surface area contributed by atoms with Gasteiger partial charge in [0.05, 0.1) is 0 Å². The molecule has 0 amide bonds. The minimum atomic E-state index is -0.225. The summed E-state index contributed by atoms with van der Waals surface area (Å²) in [6.45, 7) is 8.59. The lowest BCUT2D eigenvalue weighted by atomic mass is 10.1. The van der Waals surface area contributed by atoms with Gasteiger partial charge in [-0.1, -0.05) is 40.0 Å². The third kappa shape index (κ3) is 6.14. The van der Waals surface area contributed by atoms with E-state index >= 15 is 0 Å². The number of Topliss-reactive ketones (excluding diaryl/α,β-unsaturated/α-hetero) is 1. The molecule has 1 atom stereocenters. The number of hydrogen-bond donors (Lipinski definition) is 0. The van der Waals surface area contributed by atoms with Gasteiger partial charge in [-0.3, -0.25) is 4.79 Å². The van der Waals surface area contributed by atoms with E-state index in [4.69, 9.17) is 4.74 Å². The van der Waals surface area contributed by atoms with Crippen LogP contribution in [-0.2, 0) is 9.53 Å². The van der Waals surface area contributed by atoms with Gasteiger partial charge in [0.15, 0.2) is 5.78 Å². The first-order valence-electron chi connectivity index (χ1n) is 5.75. The van der Waals surface area contributed by atoms with Crippen molar-refractivity contribution in [3.63, 3.8) is 0 Å². The molecule has 0 saturated heterocycles. The maximum absolute atomic E-state index is 11.4. The van der Waals surface area contributed by atoms with E-state index in [2.05, 4.69) is 6.92 Å². The smallest absolute Gasteiger partial charge is 0.163 e. The van der Waals surface area contributed by atoms with Gasteiger partial charge in [0, 0.05) is 12.5 Å². The number of carbonyl (C=O) groups excluding carboxylic acids is 1. The van der Waals surface area contributed by atoms with Crippen molar-refractivity contribution >= 4 is 5.78 Å². The van der Waals surface area contributed by atoms with E-state index < -0.39 is 0 Å². The number of unbranched alkanes of at least 4 members (excludes halogenated alkanes) is 3. The van der Waals surface area contributed by atoms with Gasteiger partial charge in [-0.2, -0.15) is 0 Å². The van der Waals surface area contributed by atoms with Gasteiger partial charge in [-0.25, -0.2) is 0 Å². The molecule has 2 nitrogen and oxygen atoms in total. The molecule has 0 unspecified atom stereocenters. The molecular weight excluding hydrogens is 176 g/mol. The van der Waals surface area contributed by atoms with Gasteiger partial charge in [0.25, 0.3) is 0 Å². The Kier molecular flexibility index (Phi) is 7.77. The fraction of sp³-hybridized carbons (Fsp3) is 0.917. The molecule has 0 radical (unpaired) electrons. The van der Waals surface area contributed by atoms with E-state index in [1.807, 2.05) is 20.8 Å². The van der Waals surface area contributed by atoms with Crippen LogP contribution in [0.15, 0.2) is 0 Å². The number of rotatable bonds is 8. The Hall–Kier alpha value is -0.370.